The number of anilines is 1. The van der Waals surface area contributed by atoms with Crippen LogP contribution in [0.5, 0.6) is 0 Å². The zero-order valence-electron chi connectivity index (χ0n) is 22.9. The van der Waals surface area contributed by atoms with Gasteiger partial charge < -0.3 is 9.88 Å². The molecule has 0 fully saturated rings. The molecular formula is C33H22ClN5O3S2. The second-order valence-electron chi connectivity index (χ2n) is 9.56. The highest BCUT2D eigenvalue weighted by Gasteiger charge is 2.20. The van der Waals surface area contributed by atoms with Gasteiger partial charge in [-0.2, -0.15) is 21.1 Å². The van der Waals surface area contributed by atoms with Crippen LogP contribution in [0.15, 0.2) is 107 Å². The van der Waals surface area contributed by atoms with Crippen LogP contribution >= 0.6 is 34.3 Å². The maximum atomic E-state index is 13.5. The molecule has 1 aromatic carbocycles. The van der Waals surface area contributed by atoms with E-state index in [1.54, 1.807) is 48.1 Å². The second kappa shape index (κ2) is 13.1. The van der Waals surface area contributed by atoms with Gasteiger partial charge in [0.2, 0.25) is 0 Å². The lowest BCUT2D eigenvalue weighted by molar-refractivity contribution is 0.0946. The predicted octanol–water partition coefficient (Wildman–Crippen LogP) is 6.47. The van der Waals surface area contributed by atoms with Crippen LogP contribution in [0, 0.1) is 11.8 Å². The Hall–Kier alpha value is -5.08. The molecule has 6 rings (SSSR count). The molecule has 5 aromatic heterocycles. The smallest absolute Gasteiger partial charge is 0.280 e. The molecule has 0 saturated carbocycles. The van der Waals surface area contributed by atoms with Gasteiger partial charge in [-0.25, -0.2) is 0 Å². The number of nitrogens with one attached hydrogen (secondary N) is 1. The first-order chi connectivity index (χ1) is 21.4. The van der Waals surface area contributed by atoms with E-state index in [0.717, 1.165) is 10.4 Å². The van der Waals surface area contributed by atoms with Gasteiger partial charge in [-0.1, -0.05) is 41.6 Å². The first kappa shape index (κ1) is 29.0. The van der Waals surface area contributed by atoms with Gasteiger partial charge in [-0.05, 0) is 53.9 Å². The average molecular weight is 636 g/mol. The standard InChI is InChI=1S/C33H22ClN5O3S2/c34-30-11-10-27(44-30)18-36-31-16-28(37-39(31)33(42)25-12-14-43-21-25)26-15-23(9-8-22-5-2-1-3-6-22)32(41)38(19-26)20-29(40)24-7-4-13-35-17-24/h1-7,10-17,19,21,36H,18,20H2. The lowest BCUT2D eigenvalue weighted by Crippen LogP contribution is -2.26. The van der Waals surface area contributed by atoms with E-state index in [1.807, 2.05) is 47.8 Å². The Morgan fingerprint density at radius 3 is 2.57 bits per heavy atom. The first-order valence-electron chi connectivity index (χ1n) is 13.3. The van der Waals surface area contributed by atoms with Crippen molar-refractivity contribution in [1.29, 1.82) is 0 Å². The lowest BCUT2D eigenvalue weighted by Gasteiger charge is -2.08. The normalized spacial score (nSPS) is 10.7. The van der Waals surface area contributed by atoms with E-state index in [2.05, 4.69) is 27.2 Å². The van der Waals surface area contributed by atoms with Crippen molar-refractivity contribution in [3.8, 4) is 23.1 Å². The highest BCUT2D eigenvalue weighted by Crippen LogP contribution is 2.26. The summed E-state index contributed by atoms with van der Waals surface area (Å²) in [5.41, 5.74) is 2.32. The molecule has 0 unspecified atom stereocenters. The summed E-state index contributed by atoms with van der Waals surface area (Å²) in [7, 11) is 0. The first-order valence-corrected chi connectivity index (χ1v) is 15.5. The summed E-state index contributed by atoms with van der Waals surface area (Å²) in [5, 5.41) is 11.5. The molecule has 8 nitrogen and oxygen atoms in total. The molecule has 0 saturated heterocycles. The SMILES string of the molecule is O=C(Cn1cc(-c2cc(NCc3ccc(Cl)s3)n(C(=O)c3ccsc3)n2)cc(C#Cc2ccccc2)c1=O)c1cccnc1. The van der Waals surface area contributed by atoms with Crippen molar-refractivity contribution in [2.24, 2.45) is 0 Å². The minimum Gasteiger partial charge on any atom is -0.365 e. The number of halogens is 1. The van der Waals surface area contributed by atoms with Crippen LogP contribution in [-0.4, -0.2) is 31.0 Å². The van der Waals surface area contributed by atoms with E-state index in [0.29, 0.717) is 39.1 Å². The number of pyridine rings is 2. The van der Waals surface area contributed by atoms with Gasteiger partial charge in [0.05, 0.1) is 34.2 Å². The molecular weight excluding hydrogens is 614 g/mol. The Balaban J connectivity index is 1.43. The molecule has 0 aliphatic rings. The fourth-order valence-electron chi connectivity index (χ4n) is 4.35. The van der Waals surface area contributed by atoms with E-state index < -0.39 is 5.56 Å². The highest BCUT2D eigenvalue weighted by atomic mass is 35.5. The third kappa shape index (κ3) is 6.61. The molecule has 0 aliphatic heterocycles. The van der Waals surface area contributed by atoms with E-state index in [1.165, 1.54) is 38.1 Å². The van der Waals surface area contributed by atoms with Crippen molar-refractivity contribution in [3.63, 3.8) is 0 Å². The Bertz CT molecular complexity index is 2070. The number of nitrogens with zero attached hydrogens (tertiary/aromatic N) is 4. The molecule has 0 aliphatic carbocycles. The van der Waals surface area contributed by atoms with Crippen molar-refractivity contribution in [3.05, 3.63) is 144 Å². The highest BCUT2D eigenvalue weighted by molar-refractivity contribution is 7.16. The average Bonchev–Trinajstić information content (AvgIpc) is 3.83. The lowest BCUT2D eigenvalue weighted by atomic mass is 10.1. The van der Waals surface area contributed by atoms with Crippen LogP contribution in [0.3, 0.4) is 0 Å². The van der Waals surface area contributed by atoms with Crippen LogP contribution in [0.4, 0.5) is 5.82 Å². The van der Waals surface area contributed by atoms with Crippen molar-refractivity contribution in [1.82, 2.24) is 19.3 Å². The fourth-order valence-corrected chi connectivity index (χ4v) is 6.01. The van der Waals surface area contributed by atoms with Crippen LogP contribution in [0.25, 0.3) is 11.3 Å². The Kier molecular flexibility index (Phi) is 8.61. The number of carbonyl (C=O) groups is 2. The van der Waals surface area contributed by atoms with Gasteiger partial charge in [0, 0.05) is 51.6 Å². The molecule has 6 aromatic rings. The molecule has 0 spiro atoms. The van der Waals surface area contributed by atoms with Gasteiger partial charge in [0.15, 0.2) is 5.78 Å². The molecule has 0 bridgehead atoms. The van der Waals surface area contributed by atoms with Crippen molar-refractivity contribution in [2.75, 3.05) is 5.32 Å². The number of carbonyl (C=O) groups excluding carboxylic acids is 2. The summed E-state index contributed by atoms with van der Waals surface area (Å²) in [6.45, 7) is 0.198. The zero-order chi connectivity index (χ0) is 30.5. The number of thiophene rings is 2. The number of ketones is 1. The summed E-state index contributed by atoms with van der Waals surface area (Å²) in [6, 6.07) is 21.4. The number of aromatic nitrogens is 4. The van der Waals surface area contributed by atoms with Crippen LogP contribution in [0.1, 0.15) is 36.7 Å². The summed E-state index contributed by atoms with van der Waals surface area (Å²) in [5.74, 6) is 5.87. The third-order valence-corrected chi connectivity index (χ3v) is 8.45. The monoisotopic (exact) mass is 635 g/mol. The van der Waals surface area contributed by atoms with Gasteiger partial charge in [-0.15, -0.1) is 11.3 Å². The van der Waals surface area contributed by atoms with E-state index in [4.69, 9.17) is 11.6 Å². The molecule has 0 atom stereocenters. The maximum absolute atomic E-state index is 13.5. The van der Waals surface area contributed by atoms with Gasteiger partial charge >= 0.3 is 0 Å². The zero-order valence-corrected chi connectivity index (χ0v) is 25.3. The third-order valence-electron chi connectivity index (χ3n) is 6.54. The molecule has 5 heterocycles. The predicted molar refractivity (Wildman–Crippen MR) is 174 cm³/mol. The quantitative estimate of drug-likeness (QED) is 0.152. The van der Waals surface area contributed by atoms with Crippen molar-refractivity contribution in [2.45, 2.75) is 13.1 Å². The summed E-state index contributed by atoms with van der Waals surface area (Å²) in [4.78, 5) is 45.1. The molecule has 0 amide bonds. The number of hydrogen-bond donors (Lipinski definition) is 1. The number of hydrogen-bond acceptors (Lipinski definition) is 8. The number of benzene rings is 1. The van der Waals surface area contributed by atoms with Gasteiger partial charge in [0.25, 0.3) is 11.5 Å². The number of rotatable bonds is 8. The minimum absolute atomic E-state index is 0.187. The summed E-state index contributed by atoms with van der Waals surface area (Å²) < 4.78 is 3.29. The summed E-state index contributed by atoms with van der Waals surface area (Å²) in [6.07, 6.45) is 4.60. The second-order valence-corrected chi connectivity index (χ2v) is 12.1. The minimum atomic E-state index is -0.420. The van der Waals surface area contributed by atoms with Crippen LogP contribution < -0.4 is 10.9 Å². The van der Waals surface area contributed by atoms with Gasteiger partial charge in [-0.3, -0.25) is 19.4 Å². The molecule has 216 valence electrons. The van der Waals surface area contributed by atoms with Crippen molar-refractivity contribution < 1.29 is 9.59 Å². The van der Waals surface area contributed by atoms with E-state index >= 15 is 0 Å². The van der Waals surface area contributed by atoms with Crippen molar-refractivity contribution >= 4 is 51.8 Å². The Labute approximate surface area is 265 Å². The molecule has 11 heteroatoms. The number of Topliss-reactive ketones (excluding diaryl/α,β-unsaturated/α-hetero) is 1. The summed E-state index contributed by atoms with van der Waals surface area (Å²) >= 11 is 8.96. The van der Waals surface area contributed by atoms with Crippen LogP contribution in [0.2, 0.25) is 4.34 Å². The molecule has 44 heavy (non-hydrogen) atoms. The molecule has 0 radical (unpaired) electrons. The fraction of sp³-hybridized carbons (Fsp3) is 0.0606. The Morgan fingerprint density at radius 2 is 1.84 bits per heavy atom. The Morgan fingerprint density at radius 1 is 0.977 bits per heavy atom. The molecule has 1 N–H and O–H groups in total. The maximum Gasteiger partial charge on any atom is 0.280 e. The van der Waals surface area contributed by atoms with E-state index in [9.17, 15) is 14.4 Å². The van der Waals surface area contributed by atoms with Gasteiger partial charge in [0.1, 0.15) is 5.82 Å². The van der Waals surface area contributed by atoms with E-state index in [-0.39, 0.29) is 23.8 Å². The topological polar surface area (TPSA) is 98.9 Å². The largest absolute Gasteiger partial charge is 0.365 e. The van der Waals surface area contributed by atoms with Crippen LogP contribution in [-0.2, 0) is 13.1 Å².